The molecule has 3 aromatic carbocycles. The molecule has 0 fully saturated rings. The van der Waals surface area contributed by atoms with Gasteiger partial charge in [0, 0.05) is 17.3 Å². The second-order valence-electron chi connectivity index (χ2n) is 5.91. The lowest BCUT2D eigenvalue weighted by molar-refractivity contribution is 0.102. The van der Waals surface area contributed by atoms with Crippen LogP contribution >= 0.6 is 0 Å². The molecule has 6 nitrogen and oxygen atoms in total. The van der Waals surface area contributed by atoms with Crippen molar-refractivity contribution in [3.8, 4) is 5.75 Å². The van der Waals surface area contributed by atoms with E-state index in [0.29, 0.717) is 0 Å². The van der Waals surface area contributed by atoms with Crippen molar-refractivity contribution in [2.45, 2.75) is 4.90 Å². The fraction of sp³-hybridized carbons (Fsp3) is 0.0500. The van der Waals surface area contributed by atoms with E-state index in [4.69, 9.17) is 4.74 Å². The minimum atomic E-state index is -4.04. The van der Waals surface area contributed by atoms with Crippen LogP contribution in [0.5, 0.6) is 5.75 Å². The zero-order chi connectivity index (χ0) is 21.0. The van der Waals surface area contributed by atoms with Crippen LogP contribution < -0.4 is 14.8 Å². The molecule has 0 saturated carbocycles. The second kappa shape index (κ2) is 8.27. The number of carbonyl (C=O) groups is 1. The lowest BCUT2D eigenvalue weighted by atomic mass is 10.2. The van der Waals surface area contributed by atoms with Crippen LogP contribution in [0.2, 0.25) is 0 Å². The van der Waals surface area contributed by atoms with E-state index in [2.05, 4.69) is 10.0 Å². The maximum atomic E-state index is 13.7. The zero-order valence-electron chi connectivity index (χ0n) is 15.1. The summed E-state index contributed by atoms with van der Waals surface area (Å²) < 4.78 is 59.1. The van der Waals surface area contributed by atoms with Crippen molar-refractivity contribution in [1.29, 1.82) is 0 Å². The van der Waals surface area contributed by atoms with Gasteiger partial charge in [0.25, 0.3) is 15.9 Å². The van der Waals surface area contributed by atoms with Crippen LogP contribution in [0.1, 0.15) is 10.4 Å². The lowest BCUT2D eigenvalue weighted by Crippen LogP contribution is -2.15. The summed E-state index contributed by atoms with van der Waals surface area (Å²) >= 11 is 0. The highest BCUT2D eigenvalue weighted by Crippen LogP contribution is 2.22. The molecular weight excluding hydrogens is 402 g/mol. The van der Waals surface area contributed by atoms with Crippen LogP contribution in [0.15, 0.2) is 71.6 Å². The second-order valence-corrected chi connectivity index (χ2v) is 7.60. The summed E-state index contributed by atoms with van der Waals surface area (Å²) in [4.78, 5) is 12.2. The minimum Gasteiger partial charge on any atom is -0.494 e. The first kappa shape index (κ1) is 20.3. The summed E-state index contributed by atoms with van der Waals surface area (Å²) in [7, 11) is -2.71. The Labute approximate surface area is 166 Å². The van der Waals surface area contributed by atoms with Gasteiger partial charge in [-0.3, -0.25) is 9.52 Å². The minimum absolute atomic E-state index is 0.0416. The number of hydrogen-bond donors (Lipinski definition) is 2. The Morgan fingerprint density at radius 1 is 0.931 bits per heavy atom. The molecule has 0 aliphatic heterocycles. The van der Waals surface area contributed by atoms with Crippen LogP contribution in [0.3, 0.4) is 0 Å². The third-order valence-electron chi connectivity index (χ3n) is 3.95. The summed E-state index contributed by atoms with van der Waals surface area (Å²) in [5, 5.41) is 2.51. The average Bonchev–Trinajstić information content (AvgIpc) is 2.70. The molecule has 0 aliphatic carbocycles. The number of ether oxygens (including phenoxy) is 1. The Balaban J connectivity index is 1.74. The first-order valence-electron chi connectivity index (χ1n) is 8.32. The Morgan fingerprint density at radius 3 is 2.24 bits per heavy atom. The fourth-order valence-corrected chi connectivity index (χ4v) is 3.55. The van der Waals surface area contributed by atoms with Gasteiger partial charge in [-0.25, -0.2) is 17.2 Å². The first-order valence-corrected chi connectivity index (χ1v) is 9.81. The number of halogens is 2. The molecule has 0 unspecified atom stereocenters. The number of nitrogens with one attached hydrogen (secondary N) is 2. The lowest BCUT2D eigenvalue weighted by Gasteiger charge is -2.10. The van der Waals surface area contributed by atoms with Gasteiger partial charge in [-0.2, -0.15) is 0 Å². The van der Waals surface area contributed by atoms with Crippen molar-refractivity contribution in [2.75, 3.05) is 17.1 Å². The van der Waals surface area contributed by atoms with Gasteiger partial charge in [0.2, 0.25) is 0 Å². The van der Waals surface area contributed by atoms with E-state index in [1.165, 1.54) is 61.7 Å². The molecule has 0 bridgehead atoms. The third kappa shape index (κ3) is 4.69. The zero-order valence-corrected chi connectivity index (χ0v) is 16.0. The highest BCUT2D eigenvalue weighted by molar-refractivity contribution is 7.92. The summed E-state index contributed by atoms with van der Waals surface area (Å²) in [6.07, 6.45) is 0. The van der Waals surface area contributed by atoms with Gasteiger partial charge in [-0.1, -0.05) is 12.1 Å². The van der Waals surface area contributed by atoms with Crippen molar-refractivity contribution in [2.24, 2.45) is 0 Å². The number of methoxy groups -OCH3 is 1. The SMILES string of the molecule is COc1ccc(NC(=O)c2ccc(S(=O)(=O)Nc3ccccc3F)cc2)cc1F. The maximum Gasteiger partial charge on any atom is 0.261 e. The van der Waals surface area contributed by atoms with Crippen LogP contribution in [-0.2, 0) is 10.0 Å². The molecule has 0 heterocycles. The van der Waals surface area contributed by atoms with Gasteiger partial charge in [0.15, 0.2) is 11.6 Å². The van der Waals surface area contributed by atoms with Gasteiger partial charge in [-0.15, -0.1) is 0 Å². The maximum absolute atomic E-state index is 13.7. The van der Waals surface area contributed by atoms with Crippen LogP contribution in [0, 0.1) is 11.6 Å². The highest BCUT2D eigenvalue weighted by Gasteiger charge is 2.17. The molecule has 0 saturated heterocycles. The van der Waals surface area contributed by atoms with Crippen LogP contribution in [-0.4, -0.2) is 21.4 Å². The molecule has 0 aliphatic rings. The van der Waals surface area contributed by atoms with Gasteiger partial charge in [0.05, 0.1) is 17.7 Å². The number of amides is 1. The van der Waals surface area contributed by atoms with Crippen molar-refractivity contribution < 1.29 is 26.7 Å². The molecule has 1 amide bonds. The number of sulfonamides is 1. The predicted molar refractivity (Wildman–Crippen MR) is 105 cm³/mol. The number of benzene rings is 3. The Hall–Kier alpha value is -3.46. The van der Waals surface area contributed by atoms with E-state index in [0.717, 1.165) is 12.1 Å². The summed E-state index contributed by atoms with van der Waals surface area (Å²) in [5.74, 6) is -1.86. The van der Waals surface area contributed by atoms with Gasteiger partial charge in [0.1, 0.15) is 5.82 Å². The fourth-order valence-electron chi connectivity index (χ4n) is 2.48. The number of rotatable bonds is 6. The first-order chi connectivity index (χ1) is 13.8. The van der Waals surface area contributed by atoms with E-state index in [1.54, 1.807) is 0 Å². The van der Waals surface area contributed by atoms with Gasteiger partial charge < -0.3 is 10.1 Å². The highest BCUT2D eigenvalue weighted by atomic mass is 32.2. The van der Waals surface area contributed by atoms with Gasteiger partial charge in [-0.05, 0) is 48.5 Å². The summed E-state index contributed by atoms with van der Waals surface area (Å²) in [5.41, 5.74) is 0.188. The topological polar surface area (TPSA) is 84.5 Å². The quantitative estimate of drug-likeness (QED) is 0.633. The molecule has 9 heteroatoms. The van der Waals surface area contributed by atoms with Crippen molar-refractivity contribution in [3.63, 3.8) is 0 Å². The summed E-state index contributed by atoms with van der Waals surface area (Å²) in [6, 6.07) is 14.3. The molecule has 150 valence electrons. The average molecular weight is 418 g/mol. The molecule has 29 heavy (non-hydrogen) atoms. The predicted octanol–water partition coefficient (Wildman–Crippen LogP) is 4.03. The molecule has 0 spiro atoms. The molecular formula is C20H16F2N2O4S. The molecule has 3 rings (SSSR count). The van der Waals surface area contributed by atoms with Crippen LogP contribution in [0.4, 0.5) is 20.2 Å². The Kier molecular flexibility index (Phi) is 5.79. The van der Waals surface area contributed by atoms with Crippen LogP contribution in [0.25, 0.3) is 0 Å². The molecule has 3 aromatic rings. The molecule has 0 radical (unpaired) electrons. The summed E-state index contributed by atoms with van der Waals surface area (Å²) in [6.45, 7) is 0. The largest absolute Gasteiger partial charge is 0.494 e. The van der Waals surface area contributed by atoms with Crippen molar-refractivity contribution in [1.82, 2.24) is 0 Å². The Morgan fingerprint density at radius 2 is 1.62 bits per heavy atom. The van der Waals surface area contributed by atoms with Crippen molar-refractivity contribution in [3.05, 3.63) is 83.9 Å². The van der Waals surface area contributed by atoms with E-state index >= 15 is 0 Å². The van der Waals surface area contributed by atoms with E-state index in [9.17, 15) is 22.0 Å². The molecule has 0 aromatic heterocycles. The van der Waals surface area contributed by atoms with E-state index in [-0.39, 0.29) is 27.6 Å². The van der Waals surface area contributed by atoms with Crippen molar-refractivity contribution >= 4 is 27.3 Å². The number of hydrogen-bond acceptors (Lipinski definition) is 4. The number of anilines is 2. The number of carbonyl (C=O) groups excluding carboxylic acids is 1. The standard InChI is InChI=1S/C20H16F2N2O4S/c1-28-19-11-8-14(12-17(19)22)23-20(25)13-6-9-15(10-7-13)29(26,27)24-18-5-3-2-4-16(18)21/h2-12,24H,1H3,(H,23,25). The van der Waals surface area contributed by atoms with E-state index < -0.39 is 27.6 Å². The smallest absolute Gasteiger partial charge is 0.261 e. The molecule has 0 atom stereocenters. The normalized spacial score (nSPS) is 11.0. The third-order valence-corrected chi connectivity index (χ3v) is 5.34. The monoisotopic (exact) mass is 418 g/mol. The Bertz CT molecular complexity index is 1150. The van der Waals surface area contributed by atoms with E-state index in [1.807, 2.05) is 0 Å². The number of para-hydroxylation sites is 1. The van der Waals surface area contributed by atoms with Gasteiger partial charge >= 0.3 is 0 Å². The molecule has 2 N–H and O–H groups in total.